The van der Waals surface area contributed by atoms with Crippen LogP contribution < -0.4 is 5.32 Å². The van der Waals surface area contributed by atoms with Crippen molar-refractivity contribution in [2.24, 2.45) is 0 Å². The Bertz CT molecular complexity index is 185. The maximum absolute atomic E-state index is 10.9. The molecule has 0 fully saturated rings. The van der Waals surface area contributed by atoms with E-state index in [1.54, 1.807) is 7.11 Å². The summed E-state index contributed by atoms with van der Waals surface area (Å²) >= 11 is 0. The molecule has 0 aliphatic carbocycles. The van der Waals surface area contributed by atoms with E-state index in [0.717, 1.165) is 19.0 Å². The second-order valence-corrected chi connectivity index (χ2v) is 4.13. The van der Waals surface area contributed by atoms with Crippen LogP contribution >= 0.6 is 0 Å². The van der Waals surface area contributed by atoms with Crippen LogP contribution in [0.3, 0.4) is 0 Å². The van der Waals surface area contributed by atoms with Crippen molar-refractivity contribution >= 4 is 21.3 Å². The molecule has 1 N–H and O–H groups in total. The van der Waals surface area contributed by atoms with Gasteiger partial charge >= 0.3 is 0 Å². The molecule has 0 rings (SSSR count). The van der Waals surface area contributed by atoms with Gasteiger partial charge in [0.2, 0.25) is 9.76 Å². The van der Waals surface area contributed by atoms with Gasteiger partial charge in [-0.05, 0) is 19.0 Å². The molecule has 0 aliphatic heterocycles. The lowest BCUT2D eigenvalue weighted by Crippen LogP contribution is -2.22. The molecule has 80 valence electrons. The maximum atomic E-state index is 10.9. The number of hydrogen-bond acceptors (Lipinski definition) is 4. The Morgan fingerprint density at radius 2 is 2.07 bits per heavy atom. The van der Waals surface area contributed by atoms with E-state index in [1.165, 1.54) is 6.92 Å². The first-order chi connectivity index (χ1) is 6.68. The number of nitrogens with one attached hydrogen (secondary N) is 1. The summed E-state index contributed by atoms with van der Waals surface area (Å²) in [6, 6.07) is 1.05. The fourth-order valence-corrected chi connectivity index (χ4v) is 1.42. The quantitative estimate of drug-likeness (QED) is 0.339. The Morgan fingerprint density at radius 3 is 2.64 bits per heavy atom. The smallest absolute Gasteiger partial charge is 0.229 e. The average molecular weight is 215 g/mol. The highest BCUT2D eigenvalue weighted by molar-refractivity contribution is 6.36. The van der Waals surface area contributed by atoms with Gasteiger partial charge in [0.15, 0.2) is 11.6 Å². The van der Waals surface area contributed by atoms with Crippen LogP contribution in [0.15, 0.2) is 0 Å². The lowest BCUT2D eigenvalue weighted by Gasteiger charge is -2.01. The molecule has 4 nitrogen and oxygen atoms in total. The number of Topliss-reactive ketones (excluding diaryl/α,β-unsaturated/α-hetero) is 2. The van der Waals surface area contributed by atoms with Crippen LogP contribution in [-0.4, -0.2) is 41.5 Å². The minimum atomic E-state index is -0.354. The van der Waals surface area contributed by atoms with Gasteiger partial charge in [-0.15, -0.1) is 0 Å². The summed E-state index contributed by atoms with van der Waals surface area (Å²) in [6.07, 6.45) is 1.35. The number of carbonyl (C=O) groups is 2. The molecule has 0 unspecified atom stereocenters. The molecule has 0 atom stereocenters. The normalized spacial score (nSPS) is 10.1. The van der Waals surface area contributed by atoms with Crippen LogP contribution in [0, 0.1) is 0 Å². The van der Waals surface area contributed by atoms with E-state index in [4.69, 9.17) is 4.43 Å². The van der Waals surface area contributed by atoms with Crippen molar-refractivity contribution in [1.82, 2.24) is 5.32 Å². The van der Waals surface area contributed by atoms with Gasteiger partial charge in [-0.3, -0.25) is 9.59 Å². The predicted molar refractivity (Wildman–Crippen MR) is 55.4 cm³/mol. The second-order valence-electron chi connectivity index (χ2n) is 2.93. The van der Waals surface area contributed by atoms with E-state index >= 15 is 0 Å². The van der Waals surface area contributed by atoms with Crippen molar-refractivity contribution in [2.45, 2.75) is 25.8 Å². The van der Waals surface area contributed by atoms with Crippen LogP contribution in [0.25, 0.3) is 0 Å². The predicted octanol–water partition coefficient (Wildman–Crippen LogP) is 0.198. The summed E-state index contributed by atoms with van der Waals surface area (Å²) in [4.78, 5) is 21.4. The van der Waals surface area contributed by atoms with Crippen molar-refractivity contribution in [1.29, 1.82) is 0 Å². The molecule has 0 aromatic heterocycles. The fraction of sp³-hybridized carbons (Fsp3) is 0.778. The van der Waals surface area contributed by atoms with Gasteiger partial charge in [-0.2, -0.15) is 0 Å². The summed E-state index contributed by atoms with van der Waals surface area (Å²) in [5.41, 5.74) is 0. The summed E-state index contributed by atoms with van der Waals surface area (Å²) < 4.78 is 4.92. The number of rotatable bonds is 9. The summed E-state index contributed by atoms with van der Waals surface area (Å²) in [5.74, 6) is -0.649. The van der Waals surface area contributed by atoms with Crippen LogP contribution in [0.1, 0.15) is 19.8 Å². The van der Waals surface area contributed by atoms with E-state index in [1.807, 2.05) is 0 Å². The Hall–Kier alpha value is -0.523. The van der Waals surface area contributed by atoms with Gasteiger partial charge in [0, 0.05) is 27.0 Å². The van der Waals surface area contributed by atoms with Crippen LogP contribution in [0.5, 0.6) is 0 Å². The Balaban J connectivity index is 3.13. The van der Waals surface area contributed by atoms with Crippen LogP contribution in [0.2, 0.25) is 6.04 Å². The monoisotopic (exact) mass is 215 g/mol. The lowest BCUT2D eigenvalue weighted by atomic mass is 10.2. The van der Waals surface area contributed by atoms with E-state index in [0.29, 0.717) is 22.7 Å². The molecular formula is C9H17NO3Si. The first-order valence-corrected chi connectivity index (χ1v) is 5.80. The number of hydrogen-bond donors (Lipinski definition) is 1. The summed E-state index contributed by atoms with van der Waals surface area (Å²) in [7, 11) is 2.25. The number of ketones is 2. The Kier molecular flexibility index (Phi) is 8.71. The molecule has 0 aromatic rings. The van der Waals surface area contributed by atoms with E-state index in [-0.39, 0.29) is 11.6 Å². The van der Waals surface area contributed by atoms with Crippen molar-refractivity contribution in [3.63, 3.8) is 0 Å². The molecular weight excluding hydrogens is 198 g/mol. The minimum absolute atomic E-state index is 0.295. The molecule has 0 bridgehead atoms. The first kappa shape index (κ1) is 13.5. The van der Waals surface area contributed by atoms with Crippen molar-refractivity contribution < 1.29 is 14.0 Å². The molecule has 0 heterocycles. The molecule has 0 aliphatic rings. The van der Waals surface area contributed by atoms with Crippen LogP contribution in [-0.2, 0) is 14.0 Å². The highest BCUT2D eigenvalue weighted by Gasteiger charge is 2.05. The molecule has 0 amide bonds. The topological polar surface area (TPSA) is 55.4 Å². The molecule has 2 radical (unpaired) electrons. The molecule has 0 saturated heterocycles. The largest absolute Gasteiger partial charge is 0.421 e. The van der Waals surface area contributed by atoms with Crippen molar-refractivity contribution in [2.75, 3.05) is 20.2 Å². The Labute approximate surface area is 87.3 Å². The molecule has 5 heteroatoms. The number of carbonyl (C=O) groups excluding carboxylic acids is 2. The molecule has 0 aromatic carbocycles. The zero-order chi connectivity index (χ0) is 10.8. The van der Waals surface area contributed by atoms with Crippen molar-refractivity contribution in [3.8, 4) is 0 Å². The lowest BCUT2D eigenvalue weighted by molar-refractivity contribution is -0.135. The van der Waals surface area contributed by atoms with Gasteiger partial charge in [-0.25, -0.2) is 0 Å². The molecule has 0 spiro atoms. The maximum Gasteiger partial charge on any atom is 0.229 e. The standard InChI is InChI=1S/C9H17NO3Si/c1-8(11)9(12)4-6-10-5-3-7-14-13-2/h10H,3-7H2,1-2H3. The highest BCUT2D eigenvalue weighted by atomic mass is 28.2. The SMILES string of the molecule is CO[Si]CCCNCCC(=O)C(C)=O. The van der Waals surface area contributed by atoms with Gasteiger partial charge in [-0.1, -0.05) is 0 Å². The van der Waals surface area contributed by atoms with Crippen molar-refractivity contribution in [3.05, 3.63) is 0 Å². The third-order valence-corrected chi connectivity index (χ3v) is 2.54. The van der Waals surface area contributed by atoms with Gasteiger partial charge in [0.05, 0.1) is 0 Å². The zero-order valence-corrected chi connectivity index (χ0v) is 9.76. The second kappa shape index (κ2) is 9.05. The molecule has 14 heavy (non-hydrogen) atoms. The van der Waals surface area contributed by atoms with E-state index in [9.17, 15) is 9.59 Å². The third-order valence-electron chi connectivity index (χ3n) is 1.70. The summed E-state index contributed by atoms with van der Waals surface area (Å²) in [6.45, 7) is 2.78. The van der Waals surface area contributed by atoms with Crippen LogP contribution in [0.4, 0.5) is 0 Å². The summed E-state index contributed by atoms with van der Waals surface area (Å²) in [5, 5.41) is 3.11. The first-order valence-electron chi connectivity index (χ1n) is 4.68. The van der Waals surface area contributed by atoms with E-state index in [2.05, 4.69) is 5.32 Å². The van der Waals surface area contributed by atoms with Gasteiger partial charge < -0.3 is 9.74 Å². The molecule has 0 saturated carbocycles. The fourth-order valence-electron chi connectivity index (χ4n) is 0.891. The average Bonchev–Trinajstić information content (AvgIpc) is 2.16. The minimum Gasteiger partial charge on any atom is -0.421 e. The Morgan fingerprint density at radius 1 is 1.36 bits per heavy atom. The zero-order valence-electron chi connectivity index (χ0n) is 8.76. The third kappa shape index (κ3) is 8.09. The van der Waals surface area contributed by atoms with Gasteiger partial charge in [0.25, 0.3) is 0 Å². The van der Waals surface area contributed by atoms with Gasteiger partial charge in [0.1, 0.15) is 0 Å². The van der Waals surface area contributed by atoms with E-state index < -0.39 is 0 Å². The highest BCUT2D eigenvalue weighted by Crippen LogP contribution is 1.87.